The molecule has 0 aromatic carbocycles. The molecule has 0 amide bonds. The van der Waals surface area contributed by atoms with E-state index in [0.717, 1.165) is 24.3 Å². The average Bonchev–Trinajstić information content (AvgIpc) is 2.18. The summed E-state index contributed by atoms with van der Waals surface area (Å²) in [6, 6.07) is 0. The van der Waals surface area contributed by atoms with Gasteiger partial charge in [0.25, 0.3) is 0 Å². The molecule has 1 unspecified atom stereocenters. The second kappa shape index (κ2) is 14.7. The first-order valence-corrected chi connectivity index (χ1v) is 5.95. The van der Waals surface area contributed by atoms with Crippen LogP contribution in [-0.2, 0) is 0 Å². The molecule has 13 heavy (non-hydrogen) atoms. The molecular weight excluding hydrogens is 186 g/mol. The van der Waals surface area contributed by atoms with E-state index in [1.807, 2.05) is 13.8 Å². The van der Waals surface area contributed by atoms with E-state index in [9.17, 15) is 0 Å². The van der Waals surface area contributed by atoms with E-state index >= 15 is 0 Å². The van der Waals surface area contributed by atoms with E-state index < -0.39 is 0 Å². The Labute approximate surface area is 85.7 Å². The lowest BCUT2D eigenvalue weighted by Gasteiger charge is -2.04. The van der Waals surface area contributed by atoms with Crippen molar-refractivity contribution in [2.75, 3.05) is 24.7 Å². The number of rotatable bonds is 6. The molecule has 3 nitrogen and oxygen atoms in total. The van der Waals surface area contributed by atoms with Crippen LogP contribution in [0.3, 0.4) is 0 Å². The molecule has 0 saturated heterocycles. The summed E-state index contributed by atoms with van der Waals surface area (Å²) in [5.74, 6) is 1.78. The lowest BCUT2D eigenvalue weighted by atomic mass is 10.3. The molecule has 1 atom stereocenters. The van der Waals surface area contributed by atoms with E-state index in [0.29, 0.717) is 13.2 Å². The minimum absolute atomic E-state index is 0.137. The van der Waals surface area contributed by atoms with Gasteiger partial charge in [0.15, 0.2) is 0 Å². The van der Waals surface area contributed by atoms with Crippen LogP contribution in [-0.4, -0.2) is 41.0 Å². The third-order valence-corrected chi connectivity index (χ3v) is 2.41. The van der Waals surface area contributed by atoms with Gasteiger partial charge < -0.3 is 15.9 Å². The van der Waals surface area contributed by atoms with Gasteiger partial charge in [-0.2, -0.15) is 11.8 Å². The smallest absolute Gasteiger partial charge is 0.0628 e. The molecule has 0 radical (unpaired) electrons. The van der Waals surface area contributed by atoms with E-state index in [2.05, 4.69) is 0 Å². The van der Waals surface area contributed by atoms with Gasteiger partial charge >= 0.3 is 0 Å². The molecule has 0 aliphatic carbocycles. The summed E-state index contributed by atoms with van der Waals surface area (Å²) < 4.78 is 0. The van der Waals surface area contributed by atoms with Crippen molar-refractivity contribution in [3.63, 3.8) is 0 Å². The highest BCUT2D eigenvalue weighted by Gasteiger charge is 1.97. The number of hydrogen-bond acceptors (Lipinski definition) is 4. The molecule has 4 N–H and O–H groups in total. The Kier molecular flexibility index (Phi) is 17.8. The van der Waals surface area contributed by atoms with Gasteiger partial charge in [-0.05, 0) is 12.8 Å². The summed E-state index contributed by atoms with van der Waals surface area (Å²) in [4.78, 5) is 0. The fourth-order valence-electron chi connectivity index (χ4n) is 0.421. The predicted molar refractivity (Wildman–Crippen MR) is 60.1 cm³/mol. The second-order valence-electron chi connectivity index (χ2n) is 2.65. The molecule has 0 aliphatic heterocycles. The Bertz CT molecular complexity index is 82.0. The molecule has 0 aromatic rings. The molecule has 0 aliphatic rings. The van der Waals surface area contributed by atoms with Crippen molar-refractivity contribution < 1.29 is 10.2 Å². The van der Waals surface area contributed by atoms with Crippen molar-refractivity contribution in [1.29, 1.82) is 0 Å². The van der Waals surface area contributed by atoms with E-state index in [1.165, 1.54) is 0 Å². The first-order chi connectivity index (χ1) is 6.22. The van der Waals surface area contributed by atoms with E-state index in [1.54, 1.807) is 11.8 Å². The second-order valence-corrected chi connectivity index (χ2v) is 3.80. The van der Waals surface area contributed by atoms with Crippen LogP contribution in [0.5, 0.6) is 0 Å². The monoisotopic (exact) mass is 209 g/mol. The van der Waals surface area contributed by atoms with Crippen LogP contribution in [0.2, 0.25) is 0 Å². The number of hydrogen-bond donors (Lipinski definition) is 3. The molecule has 0 spiro atoms. The zero-order valence-corrected chi connectivity index (χ0v) is 9.52. The number of aliphatic hydroxyl groups excluding tert-OH is 2. The lowest BCUT2D eigenvalue weighted by molar-refractivity contribution is 0.195. The number of nitrogens with two attached hydrogens (primary N) is 1. The molecule has 0 saturated carbocycles. The van der Waals surface area contributed by atoms with Crippen LogP contribution < -0.4 is 5.73 Å². The van der Waals surface area contributed by atoms with Crippen LogP contribution >= 0.6 is 11.8 Å². The van der Waals surface area contributed by atoms with E-state index in [-0.39, 0.29) is 6.10 Å². The van der Waals surface area contributed by atoms with Crippen molar-refractivity contribution in [3.8, 4) is 0 Å². The standard InChI is InChI=1S/C6H15NOS.C3H8O/c1-2-6(8)5-9-4-3-7;1-2-3-4/h6,8H,2-5,7H2,1H3;4H,2-3H2,1H3. The molecule has 4 heteroatoms. The minimum atomic E-state index is -0.137. The Morgan fingerprint density at radius 1 is 1.38 bits per heavy atom. The number of aliphatic hydroxyl groups is 2. The Morgan fingerprint density at radius 3 is 2.23 bits per heavy atom. The quantitative estimate of drug-likeness (QED) is 0.567. The summed E-state index contributed by atoms with van der Waals surface area (Å²) in [6.45, 7) is 4.94. The van der Waals surface area contributed by atoms with E-state index in [4.69, 9.17) is 15.9 Å². The van der Waals surface area contributed by atoms with Crippen molar-refractivity contribution in [2.45, 2.75) is 32.8 Å². The Morgan fingerprint density at radius 2 is 1.92 bits per heavy atom. The number of thioether (sulfide) groups is 1. The van der Waals surface area contributed by atoms with Crippen LogP contribution in [0, 0.1) is 0 Å². The molecule has 0 bridgehead atoms. The third kappa shape index (κ3) is 18.9. The van der Waals surface area contributed by atoms with Gasteiger partial charge in [0.05, 0.1) is 6.10 Å². The molecule has 0 aromatic heterocycles. The summed E-state index contributed by atoms with van der Waals surface area (Å²) in [5.41, 5.74) is 5.25. The van der Waals surface area contributed by atoms with Gasteiger partial charge in [-0.25, -0.2) is 0 Å². The zero-order chi connectivity index (χ0) is 10.5. The molecule has 0 fully saturated rings. The summed E-state index contributed by atoms with van der Waals surface area (Å²) in [6.07, 6.45) is 1.58. The highest BCUT2D eigenvalue weighted by molar-refractivity contribution is 7.99. The van der Waals surface area contributed by atoms with Crippen molar-refractivity contribution >= 4 is 11.8 Å². The SMILES string of the molecule is CCC(O)CSCCN.CCCO. The van der Waals surface area contributed by atoms with Gasteiger partial charge in [-0.1, -0.05) is 13.8 Å². The maximum absolute atomic E-state index is 9.02. The van der Waals surface area contributed by atoms with Crippen LogP contribution in [0.25, 0.3) is 0 Å². The Balaban J connectivity index is 0. The van der Waals surface area contributed by atoms with Gasteiger partial charge in [0.2, 0.25) is 0 Å². The van der Waals surface area contributed by atoms with Crippen molar-refractivity contribution in [2.24, 2.45) is 5.73 Å². The zero-order valence-electron chi connectivity index (χ0n) is 8.70. The van der Waals surface area contributed by atoms with Crippen LogP contribution in [0.15, 0.2) is 0 Å². The average molecular weight is 209 g/mol. The summed E-state index contributed by atoms with van der Waals surface area (Å²) >= 11 is 1.71. The van der Waals surface area contributed by atoms with Crippen LogP contribution in [0.4, 0.5) is 0 Å². The first kappa shape index (κ1) is 15.7. The normalized spacial score (nSPS) is 11.8. The summed E-state index contributed by atoms with van der Waals surface area (Å²) in [5, 5.41) is 16.9. The predicted octanol–water partition coefficient (Wildman–Crippen LogP) is 0.838. The summed E-state index contributed by atoms with van der Waals surface area (Å²) in [7, 11) is 0. The molecule has 0 rings (SSSR count). The van der Waals surface area contributed by atoms with Gasteiger partial charge in [0.1, 0.15) is 0 Å². The maximum Gasteiger partial charge on any atom is 0.0628 e. The fraction of sp³-hybridized carbons (Fsp3) is 1.00. The third-order valence-electron chi connectivity index (χ3n) is 1.27. The molecule has 82 valence electrons. The van der Waals surface area contributed by atoms with Gasteiger partial charge in [-0.3, -0.25) is 0 Å². The van der Waals surface area contributed by atoms with Crippen molar-refractivity contribution in [1.82, 2.24) is 0 Å². The Hall–Kier alpha value is 0.230. The fourth-order valence-corrected chi connectivity index (χ4v) is 1.26. The molecule has 0 heterocycles. The minimum Gasteiger partial charge on any atom is -0.396 e. The van der Waals surface area contributed by atoms with Gasteiger partial charge in [-0.15, -0.1) is 0 Å². The van der Waals surface area contributed by atoms with Crippen LogP contribution in [0.1, 0.15) is 26.7 Å². The highest BCUT2D eigenvalue weighted by Crippen LogP contribution is 2.03. The first-order valence-electron chi connectivity index (χ1n) is 4.79. The van der Waals surface area contributed by atoms with Crippen molar-refractivity contribution in [3.05, 3.63) is 0 Å². The maximum atomic E-state index is 9.02. The highest BCUT2D eigenvalue weighted by atomic mass is 32.2. The lowest BCUT2D eigenvalue weighted by Crippen LogP contribution is -2.10. The largest absolute Gasteiger partial charge is 0.396 e. The van der Waals surface area contributed by atoms with Gasteiger partial charge in [0, 0.05) is 24.7 Å². The molecular formula is C9H23NO2S. The topological polar surface area (TPSA) is 66.5 Å².